The van der Waals surface area contributed by atoms with Gasteiger partial charge in [-0.05, 0) is 87.7 Å². The number of ether oxygens (including phenoxy) is 1. The number of pyridine rings is 1. The lowest BCUT2D eigenvalue weighted by molar-refractivity contribution is 0.444. The van der Waals surface area contributed by atoms with Crippen LogP contribution in [0.5, 0.6) is 11.5 Å². The first-order chi connectivity index (χ1) is 29.0. The van der Waals surface area contributed by atoms with E-state index in [0.717, 1.165) is 39.4 Å². The molecular formula is C57H66N4O. The van der Waals surface area contributed by atoms with Gasteiger partial charge in [0.1, 0.15) is 17.3 Å². The minimum absolute atomic E-state index is 0.0107. The zero-order valence-electron chi connectivity index (χ0n) is 39.6. The molecule has 5 nitrogen and oxygen atoms in total. The second-order valence-corrected chi connectivity index (χ2v) is 22.0. The van der Waals surface area contributed by atoms with E-state index in [1.807, 2.05) is 6.20 Å². The smallest absolute Gasteiger partial charge is 0.137 e. The van der Waals surface area contributed by atoms with Gasteiger partial charge in [0.25, 0.3) is 0 Å². The Hall–Kier alpha value is -5.81. The molecular weight excluding hydrogens is 757 g/mol. The molecule has 0 amide bonds. The molecule has 0 saturated heterocycles. The van der Waals surface area contributed by atoms with Crippen LogP contribution in [0, 0.1) is 10.8 Å². The van der Waals surface area contributed by atoms with E-state index in [9.17, 15) is 0 Å². The van der Waals surface area contributed by atoms with Crippen molar-refractivity contribution in [3.05, 3.63) is 167 Å². The van der Waals surface area contributed by atoms with Crippen molar-refractivity contribution in [1.82, 2.24) is 9.55 Å². The Balaban J connectivity index is 1.20. The predicted octanol–water partition coefficient (Wildman–Crippen LogP) is 15.5. The highest BCUT2D eigenvalue weighted by Gasteiger charge is 2.42. The summed E-state index contributed by atoms with van der Waals surface area (Å²) in [5.74, 6) is 2.45. The Morgan fingerprint density at radius 3 is 1.65 bits per heavy atom. The average molecular weight is 823 g/mol. The van der Waals surface area contributed by atoms with Crippen molar-refractivity contribution in [1.29, 1.82) is 0 Å². The molecule has 62 heavy (non-hydrogen) atoms. The van der Waals surface area contributed by atoms with Gasteiger partial charge in [-0.15, -0.1) is 0 Å². The van der Waals surface area contributed by atoms with Gasteiger partial charge in [0.2, 0.25) is 0 Å². The third-order valence-corrected chi connectivity index (χ3v) is 12.6. The van der Waals surface area contributed by atoms with E-state index in [4.69, 9.17) is 9.72 Å². The molecule has 5 heteroatoms. The molecule has 1 aliphatic heterocycles. The van der Waals surface area contributed by atoms with Crippen LogP contribution in [0.2, 0.25) is 0 Å². The Labute approximate surface area is 371 Å². The minimum atomic E-state index is -0.203. The monoisotopic (exact) mass is 823 g/mol. The number of hydrogen-bond donors (Lipinski definition) is 0. The zero-order chi connectivity index (χ0) is 44.6. The molecule has 0 spiro atoms. The standard InChI is InChI=1S/C57H66N4O/c1-53(2,3)40-31-41(54(4,5)6)33-43(32-40)60-37-59(51(55(7,8)9)52(60)56(10,11)12)42-23-20-24-44(35-42)62-45-27-28-47-46-25-18-19-26-48(46)61(49(47)36-45)50-34-39(29-30-58-50)57(13,14)38-21-16-15-17-22-38/h15-36H,37H2,1-14H3. The van der Waals surface area contributed by atoms with E-state index in [2.05, 4.69) is 239 Å². The molecule has 320 valence electrons. The second kappa shape index (κ2) is 15.2. The normalized spacial score (nSPS) is 14.4. The van der Waals surface area contributed by atoms with Crippen LogP contribution in [0.1, 0.15) is 119 Å². The summed E-state index contributed by atoms with van der Waals surface area (Å²) in [6.45, 7) is 33.3. The zero-order valence-corrected chi connectivity index (χ0v) is 39.6. The maximum atomic E-state index is 6.85. The number of aromatic nitrogens is 2. The summed E-state index contributed by atoms with van der Waals surface area (Å²) >= 11 is 0. The molecule has 0 unspecified atom stereocenters. The van der Waals surface area contributed by atoms with Crippen LogP contribution in [0.4, 0.5) is 11.4 Å². The highest BCUT2D eigenvalue weighted by molar-refractivity contribution is 6.09. The van der Waals surface area contributed by atoms with Gasteiger partial charge in [-0.1, -0.05) is 158 Å². The first-order valence-corrected chi connectivity index (χ1v) is 22.3. The molecule has 3 heterocycles. The van der Waals surface area contributed by atoms with Crippen molar-refractivity contribution in [3.63, 3.8) is 0 Å². The van der Waals surface area contributed by atoms with Crippen LogP contribution in [-0.4, -0.2) is 16.2 Å². The average Bonchev–Trinajstić information content (AvgIpc) is 3.79. The number of hydrogen-bond acceptors (Lipinski definition) is 4. The molecule has 0 saturated carbocycles. The van der Waals surface area contributed by atoms with Crippen molar-refractivity contribution in [3.8, 4) is 17.3 Å². The SMILES string of the molecule is CC(C)(C)C1=C(C(C)(C)C)N(c2cc(C(C)(C)C)cc(C(C)(C)C)c2)CN1c1cccc(Oc2ccc3c4ccccc4n(-c4cc(C(C)(C)c5ccccc5)ccn4)c3c2)c1. The first kappa shape index (κ1) is 42.9. The van der Waals surface area contributed by atoms with E-state index in [0.29, 0.717) is 6.67 Å². The fraction of sp³-hybridized carbons (Fsp3) is 0.351. The van der Waals surface area contributed by atoms with Gasteiger partial charge in [-0.25, -0.2) is 4.98 Å². The lowest BCUT2D eigenvalue weighted by Gasteiger charge is -2.35. The van der Waals surface area contributed by atoms with Crippen molar-refractivity contribution in [2.75, 3.05) is 16.5 Å². The summed E-state index contributed by atoms with van der Waals surface area (Å²) in [6.07, 6.45) is 1.94. The Kier molecular flexibility index (Phi) is 10.5. The molecule has 0 fully saturated rings. The Bertz CT molecular complexity index is 2780. The Morgan fingerprint density at radius 2 is 1.02 bits per heavy atom. The third-order valence-electron chi connectivity index (χ3n) is 12.6. The first-order valence-electron chi connectivity index (χ1n) is 22.3. The topological polar surface area (TPSA) is 33.5 Å². The molecule has 0 radical (unpaired) electrons. The summed E-state index contributed by atoms with van der Waals surface area (Å²) in [5.41, 5.74) is 12.0. The van der Waals surface area contributed by atoms with Gasteiger partial charge in [0, 0.05) is 68.1 Å². The van der Waals surface area contributed by atoms with Gasteiger partial charge in [0.15, 0.2) is 0 Å². The molecule has 0 atom stereocenters. The molecule has 0 aliphatic carbocycles. The fourth-order valence-corrected chi connectivity index (χ4v) is 9.18. The lowest BCUT2D eigenvalue weighted by atomic mass is 9.78. The molecule has 7 aromatic rings. The van der Waals surface area contributed by atoms with Gasteiger partial charge in [-0.2, -0.15) is 0 Å². The summed E-state index contributed by atoms with van der Waals surface area (Å²) in [7, 11) is 0. The van der Waals surface area contributed by atoms with Crippen molar-refractivity contribution < 1.29 is 4.74 Å². The summed E-state index contributed by atoms with van der Waals surface area (Å²) in [6, 6.07) is 46.1. The van der Waals surface area contributed by atoms with E-state index in [1.165, 1.54) is 44.7 Å². The number of anilines is 2. The predicted molar refractivity (Wildman–Crippen MR) is 263 cm³/mol. The van der Waals surface area contributed by atoms with E-state index in [-0.39, 0.29) is 27.1 Å². The number of benzene rings is 5. The summed E-state index contributed by atoms with van der Waals surface area (Å²) in [5, 5.41) is 2.34. The van der Waals surface area contributed by atoms with Crippen LogP contribution in [0.3, 0.4) is 0 Å². The maximum absolute atomic E-state index is 6.85. The quantitative estimate of drug-likeness (QED) is 0.160. The van der Waals surface area contributed by atoms with Crippen molar-refractivity contribution >= 4 is 33.2 Å². The van der Waals surface area contributed by atoms with Crippen molar-refractivity contribution in [2.45, 2.75) is 113 Å². The Morgan fingerprint density at radius 1 is 0.435 bits per heavy atom. The van der Waals surface area contributed by atoms with Crippen LogP contribution in [0.15, 0.2) is 145 Å². The molecule has 0 N–H and O–H groups in total. The van der Waals surface area contributed by atoms with Gasteiger partial charge < -0.3 is 14.5 Å². The number of fused-ring (bicyclic) bond motifs is 3. The molecule has 5 aromatic carbocycles. The number of rotatable bonds is 7. The van der Waals surface area contributed by atoms with Crippen LogP contribution < -0.4 is 14.5 Å². The van der Waals surface area contributed by atoms with E-state index < -0.39 is 0 Å². The largest absolute Gasteiger partial charge is 0.457 e. The van der Waals surface area contributed by atoms with Crippen LogP contribution in [-0.2, 0) is 16.2 Å². The van der Waals surface area contributed by atoms with Gasteiger partial charge in [-0.3, -0.25) is 4.57 Å². The highest BCUT2D eigenvalue weighted by Crippen LogP contribution is 2.49. The highest BCUT2D eigenvalue weighted by atomic mass is 16.5. The second-order valence-electron chi connectivity index (χ2n) is 22.0. The summed E-state index contributed by atoms with van der Waals surface area (Å²) < 4.78 is 9.14. The molecule has 1 aliphatic rings. The number of para-hydroxylation sites is 1. The summed E-state index contributed by atoms with van der Waals surface area (Å²) in [4.78, 5) is 10.1. The minimum Gasteiger partial charge on any atom is -0.457 e. The number of nitrogens with zero attached hydrogens (tertiary/aromatic N) is 4. The molecule has 0 bridgehead atoms. The third kappa shape index (κ3) is 8.03. The van der Waals surface area contributed by atoms with E-state index >= 15 is 0 Å². The maximum Gasteiger partial charge on any atom is 0.137 e. The molecule has 2 aromatic heterocycles. The van der Waals surface area contributed by atoms with E-state index in [1.54, 1.807) is 0 Å². The van der Waals surface area contributed by atoms with Crippen LogP contribution >= 0.6 is 0 Å². The fourth-order valence-electron chi connectivity index (χ4n) is 9.18. The molecule has 8 rings (SSSR count). The van der Waals surface area contributed by atoms with Crippen molar-refractivity contribution in [2.24, 2.45) is 10.8 Å². The van der Waals surface area contributed by atoms with Crippen LogP contribution in [0.25, 0.3) is 27.6 Å². The number of allylic oxidation sites excluding steroid dienone is 2. The van der Waals surface area contributed by atoms with Gasteiger partial charge in [0.05, 0.1) is 17.7 Å². The lowest BCUT2D eigenvalue weighted by Crippen LogP contribution is -2.31. The van der Waals surface area contributed by atoms with Gasteiger partial charge >= 0.3 is 0 Å².